The van der Waals surface area contributed by atoms with Crippen LogP contribution in [-0.4, -0.2) is 44.6 Å². The molecule has 122 valence electrons. The van der Waals surface area contributed by atoms with Crippen LogP contribution < -0.4 is 5.32 Å². The molecule has 1 aromatic carbocycles. The van der Waals surface area contributed by atoms with Gasteiger partial charge in [0.1, 0.15) is 18.6 Å². The van der Waals surface area contributed by atoms with E-state index < -0.39 is 11.9 Å². The molecule has 1 N–H and O–H groups in total. The molecule has 0 spiro atoms. The molecule has 2 heterocycles. The van der Waals surface area contributed by atoms with Gasteiger partial charge in [-0.05, 0) is 13.0 Å². The number of amides is 1. The number of esters is 1. The van der Waals surface area contributed by atoms with E-state index in [4.69, 9.17) is 4.74 Å². The second kappa shape index (κ2) is 6.86. The number of carbonyl (C=O) groups is 2. The van der Waals surface area contributed by atoms with Crippen molar-refractivity contribution in [2.45, 2.75) is 6.92 Å². The van der Waals surface area contributed by atoms with E-state index in [0.29, 0.717) is 11.5 Å². The van der Waals surface area contributed by atoms with E-state index in [0.717, 1.165) is 5.56 Å². The minimum absolute atomic E-state index is 0.216. The van der Waals surface area contributed by atoms with Crippen LogP contribution in [0.3, 0.4) is 0 Å². The van der Waals surface area contributed by atoms with Crippen molar-refractivity contribution in [3.63, 3.8) is 0 Å². The highest BCUT2D eigenvalue weighted by molar-refractivity contribution is 5.95. The second-order valence-electron chi connectivity index (χ2n) is 4.85. The number of aromatic nitrogens is 4. The summed E-state index contributed by atoms with van der Waals surface area (Å²) in [5, 5.41) is 6.52. The summed E-state index contributed by atoms with van der Waals surface area (Å²) < 4.78 is 6.12. The molecular weight excluding hydrogens is 310 g/mol. The minimum atomic E-state index is -0.502. The summed E-state index contributed by atoms with van der Waals surface area (Å²) in [5.74, 6) is -0.659. The Bertz CT molecular complexity index is 876. The van der Waals surface area contributed by atoms with Gasteiger partial charge in [-0.3, -0.25) is 9.59 Å². The number of fused-ring (bicyclic) bond motifs is 1. The normalized spacial score (nSPS) is 10.5. The van der Waals surface area contributed by atoms with Gasteiger partial charge in [-0.2, -0.15) is 14.6 Å². The Hall–Kier alpha value is -3.29. The van der Waals surface area contributed by atoms with E-state index in [-0.39, 0.29) is 18.8 Å². The monoisotopic (exact) mass is 325 g/mol. The van der Waals surface area contributed by atoms with Crippen LogP contribution in [0.4, 0.5) is 0 Å². The zero-order valence-electron chi connectivity index (χ0n) is 13.0. The summed E-state index contributed by atoms with van der Waals surface area (Å²) >= 11 is 0. The van der Waals surface area contributed by atoms with Gasteiger partial charge in [0.15, 0.2) is 0 Å². The molecule has 0 aliphatic rings. The van der Waals surface area contributed by atoms with Crippen LogP contribution in [0.25, 0.3) is 17.0 Å². The molecule has 0 aliphatic carbocycles. The lowest BCUT2D eigenvalue weighted by Crippen LogP contribution is -2.32. The zero-order valence-corrected chi connectivity index (χ0v) is 13.0. The van der Waals surface area contributed by atoms with Gasteiger partial charge in [0, 0.05) is 5.56 Å². The number of benzene rings is 1. The zero-order chi connectivity index (χ0) is 16.9. The SMILES string of the molecule is CCOC(=O)CNC(=O)c1cc(-c2ccccc2)nc2ncnn12. The minimum Gasteiger partial charge on any atom is -0.465 e. The average Bonchev–Trinajstić information content (AvgIpc) is 3.08. The Kier molecular flexibility index (Phi) is 4.46. The molecule has 0 bridgehead atoms. The maximum atomic E-state index is 12.4. The lowest BCUT2D eigenvalue weighted by Gasteiger charge is -2.08. The van der Waals surface area contributed by atoms with Crippen molar-refractivity contribution in [3.05, 3.63) is 48.4 Å². The van der Waals surface area contributed by atoms with Crippen LogP contribution >= 0.6 is 0 Å². The highest BCUT2D eigenvalue weighted by atomic mass is 16.5. The Balaban J connectivity index is 1.93. The first-order valence-corrected chi connectivity index (χ1v) is 7.39. The fourth-order valence-electron chi connectivity index (χ4n) is 2.19. The lowest BCUT2D eigenvalue weighted by molar-refractivity contribution is -0.141. The number of rotatable bonds is 5. The lowest BCUT2D eigenvalue weighted by atomic mass is 10.1. The third kappa shape index (κ3) is 3.22. The first-order chi connectivity index (χ1) is 11.7. The van der Waals surface area contributed by atoms with E-state index in [9.17, 15) is 9.59 Å². The molecule has 1 amide bonds. The first-order valence-electron chi connectivity index (χ1n) is 7.39. The van der Waals surface area contributed by atoms with Gasteiger partial charge in [0.05, 0.1) is 12.3 Å². The number of carbonyl (C=O) groups excluding carboxylic acids is 2. The Morgan fingerprint density at radius 2 is 2.04 bits per heavy atom. The Morgan fingerprint density at radius 1 is 1.25 bits per heavy atom. The number of hydrogen-bond donors (Lipinski definition) is 1. The number of ether oxygens (including phenoxy) is 1. The molecule has 3 rings (SSSR count). The van der Waals surface area contributed by atoms with Gasteiger partial charge in [-0.15, -0.1) is 0 Å². The third-order valence-corrected chi connectivity index (χ3v) is 3.25. The molecule has 2 aromatic heterocycles. The number of hydrogen-bond acceptors (Lipinski definition) is 6. The summed E-state index contributed by atoms with van der Waals surface area (Å²) in [7, 11) is 0. The standard InChI is InChI=1S/C16H15N5O3/c1-2-24-14(22)9-17-15(23)13-8-12(11-6-4-3-5-7-11)20-16-18-10-19-21(13)16/h3-8,10H,2,9H2,1H3,(H,17,23). The smallest absolute Gasteiger partial charge is 0.325 e. The topological polar surface area (TPSA) is 98.5 Å². The van der Waals surface area contributed by atoms with Crippen LogP contribution in [0.1, 0.15) is 17.4 Å². The average molecular weight is 325 g/mol. The second-order valence-corrected chi connectivity index (χ2v) is 4.85. The molecule has 0 fully saturated rings. The Morgan fingerprint density at radius 3 is 2.79 bits per heavy atom. The molecule has 0 saturated heterocycles. The Labute approximate surface area is 137 Å². The van der Waals surface area contributed by atoms with Crippen molar-refractivity contribution in [2.75, 3.05) is 13.2 Å². The van der Waals surface area contributed by atoms with E-state index in [1.54, 1.807) is 13.0 Å². The first kappa shape index (κ1) is 15.6. The van der Waals surface area contributed by atoms with Crippen molar-refractivity contribution < 1.29 is 14.3 Å². The van der Waals surface area contributed by atoms with Crippen LogP contribution in [-0.2, 0) is 9.53 Å². The largest absolute Gasteiger partial charge is 0.465 e. The highest BCUT2D eigenvalue weighted by Crippen LogP contribution is 2.18. The van der Waals surface area contributed by atoms with E-state index in [1.807, 2.05) is 30.3 Å². The molecule has 24 heavy (non-hydrogen) atoms. The quantitative estimate of drug-likeness (QED) is 0.705. The summed E-state index contributed by atoms with van der Waals surface area (Å²) in [4.78, 5) is 32.2. The van der Waals surface area contributed by atoms with E-state index in [2.05, 4.69) is 20.4 Å². The van der Waals surface area contributed by atoms with Crippen LogP contribution in [0.15, 0.2) is 42.7 Å². The molecule has 8 nitrogen and oxygen atoms in total. The van der Waals surface area contributed by atoms with Gasteiger partial charge in [-0.1, -0.05) is 30.3 Å². The van der Waals surface area contributed by atoms with E-state index >= 15 is 0 Å². The summed E-state index contributed by atoms with van der Waals surface area (Å²) in [6.45, 7) is 1.75. The van der Waals surface area contributed by atoms with Crippen LogP contribution in [0, 0.1) is 0 Å². The molecule has 8 heteroatoms. The van der Waals surface area contributed by atoms with Crippen molar-refractivity contribution >= 4 is 17.7 Å². The van der Waals surface area contributed by atoms with Crippen molar-refractivity contribution in [1.82, 2.24) is 24.9 Å². The molecule has 0 atom stereocenters. The van der Waals surface area contributed by atoms with Crippen molar-refractivity contribution in [3.8, 4) is 11.3 Å². The maximum absolute atomic E-state index is 12.4. The predicted octanol–water partition coefficient (Wildman–Crippen LogP) is 1.08. The van der Waals surface area contributed by atoms with Crippen LogP contribution in [0.5, 0.6) is 0 Å². The number of nitrogens with one attached hydrogen (secondary N) is 1. The molecule has 0 radical (unpaired) electrons. The molecular formula is C16H15N5O3. The third-order valence-electron chi connectivity index (χ3n) is 3.25. The van der Waals surface area contributed by atoms with Gasteiger partial charge < -0.3 is 10.1 Å². The van der Waals surface area contributed by atoms with Crippen molar-refractivity contribution in [2.24, 2.45) is 0 Å². The van der Waals surface area contributed by atoms with Gasteiger partial charge in [0.2, 0.25) is 0 Å². The fourth-order valence-corrected chi connectivity index (χ4v) is 2.19. The summed E-state index contributed by atoms with van der Waals surface area (Å²) in [6.07, 6.45) is 1.32. The summed E-state index contributed by atoms with van der Waals surface area (Å²) in [6, 6.07) is 11.0. The molecule has 0 unspecified atom stereocenters. The number of nitrogens with zero attached hydrogens (tertiary/aromatic N) is 4. The molecule has 0 aliphatic heterocycles. The highest BCUT2D eigenvalue weighted by Gasteiger charge is 2.16. The molecule has 3 aromatic rings. The predicted molar refractivity (Wildman–Crippen MR) is 85.2 cm³/mol. The molecule has 0 saturated carbocycles. The summed E-state index contributed by atoms with van der Waals surface area (Å²) in [5.41, 5.74) is 1.68. The van der Waals surface area contributed by atoms with Gasteiger partial charge in [-0.25, -0.2) is 4.98 Å². The van der Waals surface area contributed by atoms with E-state index in [1.165, 1.54) is 10.8 Å². The van der Waals surface area contributed by atoms with Crippen LogP contribution in [0.2, 0.25) is 0 Å². The van der Waals surface area contributed by atoms with Gasteiger partial charge >= 0.3 is 5.97 Å². The van der Waals surface area contributed by atoms with Crippen molar-refractivity contribution in [1.29, 1.82) is 0 Å². The fraction of sp³-hybridized carbons (Fsp3) is 0.188. The van der Waals surface area contributed by atoms with Gasteiger partial charge in [0.25, 0.3) is 11.7 Å². The maximum Gasteiger partial charge on any atom is 0.325 e.